The van der Waals surface area contributed by atoms with Gasteiger partial charge in [0.1, 0.15) is 5.60 Å². The van der Waals surface area contributed by atoms with Gasteiger partial charge in [-0.3, -0.25) is 24.1 Å². The lowest BCUT2D eigenvalue weighted by atomic mass is 9.79. The van der Waals surface area contributed by atoms with Gasteiger partial charge in [-0.05, 0) is 85.6 Å². The number of aliphatic hydroxyl groups is 1. The van der Waals surface area contributed by atoms with Crippen LogP contribution in [0.2, 0.25) is 0 Å². The number of nitrogens with zero attached hydrogens (tertiary/aromatic N) is 3. The molecule has 2 aromatic carbocycles. The molecule has 1 aliphatic heterocycles. The maximum atomic E-state index is 12.7. The summed E-state index contributed by atoms with van der Waals surface area (Å²) >= 11 is 1.69. The third-order valence-corrected chi connectivity index (χ3v) is 10.9. The molecule has 312 valence electrons. The molecule has 3 N–H and O–H groups in total. The predicted octanol–water partition coefficient (Wildman–Crippen LogP) is 8.09. The molecule has 0 unspecified atom stereocenters. The number of azo groups is 1. The molecule has 2 amide bonds. The van der Waals surface area contributed by atoms with Crippen molar-refractivity contribution >= 4 is 35.1 Å². The molecule has 0 spiro atoms. The molecule has 12 heteroatoms. The number of Topliss-reactive ketones (excluding diaryl/α,β-unsaturated/α-hetero) is 2. The SMILES string of the molecule is CCCCNC(=O)C(C)(C)N=NC(C)(C)C(=O)NCCCC.CSc1ccc(C(=O)C(C)(C)N2CCOCC2)cc1.O=C(c1ccccc1)C1(O)CCCCC1. The number of unbranched alkanes of at least 4 members (excludes halogenated alkanes) is 2. The largest absolute Gasteiger partial charge is 0.382 e. The van der Waals surface area contributed by atoms with Crippen LogP contribution in [-0.4, -0.2) is 101 Å². The zero-order chi connectivity index (χ0) is 41.8. The Balaban J connectivity index is 0.000000294. The number of amides is 2. The Bertz CT molecular complexity index is 1500. The van der Waals surface area contributed by atoms with E-state index >= 15 is 0 Å². The van der Waals surface area contributed by atoms with E-state index < -0.39 is 22.2 Å². The average Bonchev–Trinajstić information content (AvgIpc) is 3.21. The van der Waals surface area contributed by atoms with Crippen LogP contribution in [0.5, 0.6) is 0 Å². The van der Waals surface area contributed by atoms with Crippen molar-refractivity contribution in [3.05, 3.63) is 65.7 Å². The number of morpholine rings is 1. The number of carbonyl (C=O) groups excluding carboxylic acids is 4. The number of ether oxygens (including phenoxy) is 1. The topological polar surface area (TPSA) is 150 Å². The second-order valence-corrected chi connectivity index (χ2v) is 16.9. The standard InChI is InChI=1S/C16H32N4O2.C15H21NO2S.C13H16O2/c1-7-9-11-17-13(21)15(3,4)19-20-16(5,6)14(22)18-12-10-8-2;1-15(2,16-8-10-18-11-9-16)14(17)12-4-6-13(19-3)7-5-12;14-12(11-7-3-1-4-8-11)13(15)9-5-2-6-10-13/h7-12H2,1-6H3,(H,17,21)(H,18,22);4-7H,8-11H2,1-3H3;1,3-4,7-8,15H,2,5-6,9-10H2. The predicted molar refractivity (Wildman–Crippen MR) is 227 cm³/mol. The van der Waals surface area contributed by atoms with Crippen LogP contribution in [0.3, 0.4) is 0 Å². The molecular formula is C44H69N5O6S. The van der Waals surface area contributed by atoms with E-state index in [1.807, 2.05) is 62.6 Å². The fraction of sp³-hybridized carbons (Fsp3) is 0.636. The minimum Gasteiger partial charge on any atom is -0.382 e. The minimum atomic E-state index is -1.10. The molecule has 0 aromatic heterocycles. The molecule has 1 saturated heterocycles. The summed E-state index contributed by atoms with van der Waals surface area (Å²) in [6.45, 7) is 19.3. The molecule has 0 radical (unpaired) electrons. The summed E-state index contributed by atoms with van der Waals surface area (Å²) in [4.78, 5) is 52.3. The third-order valence-electron chi connectivity index (χ3n) is 10.1. The highest BCUT2D eigenvalue weighted by Gasteiger charge is 2.38. The fourth-order valence-electron chi connectivity index (χ4n) is 6.11. The van der Waals surface area contributed by atoms with Crippen molar-refractivity contribution in [1.29, 1.82) is 0 Å². The quantitative estimate of drug-likeness (QED) is 0.0668. The molecule has 0 bridgehead atoms. The zero-order valence-electron chi connectivity index (χ0n) is 35.5. The summed E-state index contributed by atoms with van der Waals surface area (Å²) in [5.74, 6) is -0.274. The van der Waals surface area contributed by atoms with Gasteiger partial charge in [-0.15, -0.1) is 11.8 Å². The Morgan fingerprint density at radius 2 is 1.23 bits per heavy atom. The molecule has 1 heterocycles. The summed E-state index contributed by atoms with van der Waals surface area (Å²) in [5, 5.41) is 24.1. The van der Waals surface area contributed by atoms with E-state index in [-0.39, 0.29) is 23.4 Å². The van der Waals surface area contributed by atoms with Crippen LogP contribution in [0.15, 0.2) is 69.7 Å². The maximum Gasteiger partial charge on any atom is 0.249 e. The van der Waals surface area contributed by atoms with Gasteiger partial charge in [0.15, 0.2) is 22.6 Å². The van der Waals surface area contributed by atoms with E-state index in [9.17, 15) is 24.3 Å². The lowest BCUT2D eigenvalue weighted by Crippen LogP contribution is -2.54. The summed E-state index contributed by atoms with van der Waals surface area (Å²) in [6.07, 6.45) is 10.2. The van der Waals surface area contributed by atoms with Crippen molar-refractivity contribution in [2.45, 2.75) is 140 Å². The van der Waals surface area contributed by atoms with Gasteiger partial charge in [0.2, 0.25) is 11.8 Å². The number of nitrogens with one attached hydrogen (secondary N) is 2. The molecule has 1 aliphatic carbocycles. The number of thioether (sulfide) groups is 1. The number of hydrogen-bond acceptors (Lipinski definition) is 10. The highest BCUT2D eigenvalue weighted by Crippen LogP contribution is 2.31. The van der Waals surface area contributed by atoms with Crippen molar-refractivity contribution < 1.29 is 29.0 Å². The summed E-state index contributed by atoms with van der Waals surface area (Å²) in [7, 11) is 0. The Hall–Kier alpha value is -3.45. The lowest BCUT2D eigenvalue weighted by molar-refractivity contribution is -0.127. The first-order valence-corrected chi connectivity index (χ1v) is 21.5. The van der Waals surface area contributed by atoms with E-state index in [1.54, 1.807) is 51.6 Å². The Morgan fingerprint density at radius 1 is 0.750 bits per heavy atom. The highest BCUT2D eigenvalue weighted by atomic mass is 32.2. The first-order chi connectivity index (χ1) is 26.4. The summed E-state index contributed by atoms with van der Waals surface area (Å²) < 4.78 is 5.35. The summed E-state index contributed by atoms with van der Waals surface area (Å²) in [5.41, 5.74) is -2.11. The number of benzene rings is 2. The second-order valence-electron chi connectivity index (χ2n) is 16.0. The van der Waals surface area contributed by atoms with Gasteiger partial charge >= 0.3 is 0 Å². The van der Waals surface area contributed by atoms with Gasteiger partial charge in [-0.25, -0.2) is 0 Å². The van der Waals surface area contributed by atoms with E-state index in [2.05, 4.69) is 39.6 Å². The number of ketones is 2. The van der Waals surface area contributed by atoms with Crippen molar-refractivity contribution in [1.82, 2.24) is 15.5 Å². The first-order valence-electron chi connectivity index (χ1n) is 20.3. The minimum absolute atomic E-state index is 0.109. The number of rotatable bonds is 16. The normalized spacial score (nSPS) is 16.1. The number of hydrogen-bond donors (Lipinski definition) is 3. The monoisotopic (exact) mass is 795 g/mol. The van der Waals surface area contributed by atoms with Gasteiger partial charge in [0.25, 0.3) is 0 Å². The van der Waals surface area contributed by atoms with E-state index in [0.717, 1.165) is 63.6 Å². The van der Waals surface area contributed by atoms with Crippen molar-refractivity contribution in [3.8, 4) is 0 Å². The van der Waals surface area contributed by atoms with Crippen LogP contribution in [0.25, 0.3) is 0 Å². The molecular weight excluding hydrogens is 727 g/mol. The molecule has 11 nitrogen and oxygen atoms in total. The van der Waals surface area contributed by atoms with Crippen LogP contribution in [0, 0.1) is 0 Å². The van der Waals surface area contributed by atoms with E-state index in [0.29, 0.717) is 44.7 Å². The van der Waals surface area contributed by atoms with E-state index in [1.165, 1.54) is 4.90 Å². The molecule has 2 fully saturated rings. The molecule has 2 aromatic rings. The van der Waals surface area contributed by atoms with E-state index in [4.69, 9.17) is 4.74 Å². The molecule has 2 aliphatic rings. The Morgan fingerprint density at radius 3 is 1.68 bits per heavy atom. The average molecular weight is 796 g/mol. The Kier molecular flexibility index (Phi) is 20.6. The smallest absolute Gasteiger partial charge is 0.249 e. The second kappa shape index (κ2) is 23.7. The van der Waals surface area contributed by atoms with Crippen molar-refractivity contribution in [2.75, 3.05) is 45.6 Å². The molecule has 0 atom stereocenters. The van der Waals surface area contributed by atoms with Gasteiger partial charge in [-0.1, -0.05) is 88.4 Å². The third kappa shape index (κ3) is 15.5. The van der Waals surface area contributed by atoms with Gasteiger partial charge < -0.3 is 20.5 Å². The highest BCUT2D eigenvalue weighted by molar-refractivity contribution is 7.98. The van der Waals surface area contributed by atoms with Gasteiger partial charge in [0, 0.05) is 42.2 Å². The molecule has 4 rings (SSSR count). The van der Waals surface area contributed by atoms with Crippen LogP contribution in [0.4, 0.5) is 0 Å². The van der Waals surface area contributed by atoms with Crippen LogP contribution in [0.1, 0.15) is 134 Å². The first kappa shape index (κ1) is 48.7. The maximum absolute atomic E-state index is 12.7. The Labute approximate surface area is 340 Å². The lowest BCUT2D eigenvalue weighted by Gasteiger charge is -2.39. The molecule has 56 heavy (non-hydrogen) atoms. The van der Waals surface area contributed by atoms with Crippen LogP contribution < -0.4 is 10.6 Å². The molecule has 1 saturated carbocycles. The number of carbonyl (C=O) groups is 4. The van der Waals surface area contributed by atoms with Crippen LogP contribution >= 0.6 is 11.8 Å². The van der Waals surface area contributed by atoms with Gasteiger partial charge in [-0.2, -0.15) is 10.2 Å². The van der Waals surface area contributed by atoms with Crippen LogP contribution in [-0.2, 0) is 14.3 Å². The zero-order valence-corrected chi connectivity index (χ0v) is 36.4. The fourth-order valence-corrected chi connectivity index (χ4v) is 6.52. The van der Waals surface area contributed by atoms with Crippen molar-refractivity contribution in [3.63, 3.8) is 0 Å². The van der Waals surface area contributed by atoms with Crippen molar-refractivity contribution in [2.24, 2.45) is 10.2 Å². The van der Waals surface area contributed by atoms with Gasteiger partial charge in [0.05, 0.1) is 18.8 Å². The summed E-state index contributed by atoms with van der Waals surface area (Å²) in [6, 6.07) is 17.0.